The molecule has 0 aromatic heterocycles. The minimum atomic E-state index is -0.0573. The second kappa shape index (κ2) is 11.5. The topological polar surface area (TPSA) is 35.5 Å². The van der Waals surface area contributed by atoms with Crippen molar-refractivity contribution >= 4 is 5.97 Å². The zero-order valence-corrected chi connectivity index (χ0v) is 12.5. The van der Waals surface area contributed by atoms with Crippen molar-refractivity contribution in [2.75, 3.05) is 19.8 Å². The lowest BCUT2D eigenvalue weighted by atomic mass is 10.00. The minimum Gasteiger partial charge on any atom is -0.463 e. The average molecular weight is 258 g/mol. The largest absolute Gasteiger partial charge is 0.463 e. The predicted octanol–water partition coefficient (Wildman–Crippen LogP) is 3.81. The molecular weight excluding hydrogens is 228 g/mol. The summed E-state index contributed by atoms with van der Waals surface area (Å²) in [5.74, 6) is 0.589. The maximum Gasteiger partial charge on any atom is 0.308 e. The van der Waals surface area contributed by atoms with Gasteiger partial charge in [0, 0.05) is 6.61 Å². The first kappa shape index (κ1) is 17.4. The molecule has 0 aliphatic rings. The number of carbonyl (C=O) groups excluding carboxylic acids is 1. The van der Waals surface area contributed by atoms with Gasteiger partial charge >= 0.3 is 5.97 Å². The Morgan fingerprint density at radius 2 is 1.83 bits per heavy atom. The number of rotatable bonds is 11. The number of esters is 1. The third-order valence-electron chi connectivity index (χ3n) is 3.30. The van der Waals surface area contributed by atoms with Gasteiger partial charge in [-0.05, 0) is 18.8 Å². The molecule has 18 heavy (non-hydrogen) atoms. The molecule has 0 aliphatic heterocycles. The summed E-state index contributed by atoms with van der Waals surface area (Å²) in [6, 6.07) is 0. The van der Waals surface area contributed by atoms with E-state index in [1.165, 1.54) is 0 Å². The van der Waals surface area contributed by atoms with Crippen molar-refractivity contribution in [2.45, 2.75) is 59.8 Å². The lowest BCUT2D eigenvalue weighted by molar-refractivity contribution is -0.150. The first-order valence-electron chi connectivity index (χ1n) is 7.39. The van der Waals surface area contributed by atoms with E-state index in [0.29, 0.717) is 19.1 Å². The number of hydrogen-bond donors (Lipinski definition) is 0. The number of carbonyl (C=O) groups is 1. The maximum atomic E-state index is 11.8. The third kappa shape index (κ3) is 8.51. The molecule has 3 heteroatoms. The molecule has 0 bridgehead atoms. The second-order valence-corrected chi connectivity index (χ2v) is 5.00. The van der Waals surface area contributed by atoms with Gasteiger partial charge in [0.2, 0.25) is 0 Å². The fraction of sp³-hybridized carbons (Fsp3) is 0.933. The molecule has 0 saturated heterocycles. The van der Waals surface area contributed by atoms with Gasteiger partial charge in [-0.1, -0.05) is 47.0 Å². The highest BCUT2D eigenvalue weighted by Gasteiger charge is 2.16. The highest BCUT2D eigenvalue weighted by Crippen LogP contribution is 2.14. The molecule has 0 radical (unpaired) electrons. The van der Waals surface area contributed by atoms with Crippen molar-refractivity contribution in [3.63, 3.8) is 0 Å². The average Bonchev–Trinajstić information content (AvgIpc) is 2.38. The maximum absolute atomic E-state index is 11.8. The van der Waals surface area contributed by atoms with Crippen molar-refractivity contribution in [3.05, 3.63) is 0 Å². The number of hydrogen-bond acceptors (Lipinski definition) is 3. The molecule has 0 aliphatic carbocycles. The monoisotopic (exact) mass is 258 g/mol. The van der Waals surface area contributed by atoms with Crippen molar-refractivity contribution in [1.82, 2.24) is 0 Å². The van der Waals surface area contributed by atoms with Crippen molar-refractivity contribution in [2.24, 2.45) is 11.8 Å². The standard InChI is InChI=1S/C15H30O3/c1-5-8-9-14(7-3)15(16)18-11-10-17-12-13(4)6-2/h13-14H,5-12H2,1-4H3. The van der Waals surface area contributed by atoms with Gasteiger partial charge in [0.05, 0.1) is 12.5 Å². The molecular formula is C15H30O3. The molecule has 108 valence electrons. The van der Waals surface area contributed by atoms with Crippen LogP contribution in [0.5, 0.6) is 0 Å². The molecule has 0 heterocycles. The van der Waals surface area contributed by atoms with Crippen molar-refractivity contribution < 1.29 is 14.3 Å². The second-order valence-electron chi connectivity index (χ2n) is 5.00. The zero-order chi connectivity index (χ0) is 13.8. The molecule has 2 unspecified atom stereocenters. The molecule has 2 atom stereocenters. The van der Waals surface area contributed by atoms with E-state index in [2.05, 4.69) is 20.8 Å². The van der Waals surface area contributed by atoms with Crippen molar-refractivity contribution in [1.29, 1.82) is 0 Å². The summed E-state index contributed by atoms with van der Waals surface area (Å²) >= 11 is 0. The minimum absolute atomic E-state index is 0.0573. The van der Waals surface area contributed by atoms with E-state index in [1.54, 1.807) is 0 Å². The quantitative estimate of drug-likeness (QED) is 0.417. The molecule has 0 rings (SSSR count). The SMILES string of the molecule is CCCCC(CC)C(=O)OCCOCC(C)CC. The van der Waals surface area contributed by atoms with Crippen LogP contribution in [-0.2, 0) is 14.3 Å². The van der Waals surface area contributed by atoms with E-state index in [1.807, 2.05) is 6.92 Å². The molecule has 0 spiro atoms. The van der Waals surface area contributed by atoms with E-state index >= 15 is 0 Å². The summed E-state index contributed by atoms with van der Waals surface area (Å²) in [6.45, 7) is 10.1. The molecule has 0 aromatic carbocycles. The van der Waals surface area contributed by atoms with Gasteiger partial charge in [-0.3, -0.25) is 4.79 Å². The molecule has 0 N–H and O–H groups in total. The Kier molecular flexibility index (Phi) is 11.2. The summed E-state index contributed by atoms with van der Waals surface area (Å²) in [5, 5.41) is 0. The fourth-order valence-electron chi connectivity index (χ4n) is 1.66. The molecule has 0 aromatic rings. The lowest BCUT2D eigenvalue weighted by Gasteiger charge is -2.14. The van der Waals surface area contributed by atoms with Crippen LogP contribution in [0.1, 0.15) is 59.8 Å². The molecule has 0 fully saturated rings. The van der Waals surface area contributed by atoms with Crippen LogP contribution in [0.15, 0.2) is 0 Å². The highest BCUT2D eigenvalue weighted by molar-refractivity contribution is 5.72. The summed E-state index contributed by atoms with van der Waals surface area (Å²) in [5.41, 5.74) is 0. The summed E-state index contributed by atoms with van der Waals surface area (Å²) in [4.78, 5) is 11.8. The van der Waals surface area contributed by atoms with Gasteiger partial charge in [0.15, 0.2) is 0 Å². The van der Waals surface area contributed by atoms with Gasteiger partial charge in [-0.2, -0.15) is 0 Å². The summed E-state index contributed by atoms with van der Waals surface area (Å²) in [7, 11) is 0. The predicted molar refractivity (Wildman–Crippen MR) is 74.5 cm³/mol. The van der Waals surface area contributed by atoms with E-state index in [-0.39, 0.29) is 11.9 Å². The Labute approximate surface area is 112 Å². The van der Waals surface area contributed by atoms with Gasteiger partial charge < -0.3 is 9.47 Å². The van der Waals surface area contributed by atoms with E-state index in [0.717, 1.165) is 38.7 Å². The number of ether oxygens (including phenoxy) is 2. The molecule has 3 nitrogen and oxygen atoms in total. The smallest absolute Gasteiger partial charge is 0.308 e. The molecule has 0 amide bonds. The van der Waals surface area contributed by atoms with Crippen LogP contribution >= 0.6 is 0 Å². The Morgan fingerprint density at radius 1 is 1.11 bits per heavy atom. The van der Waals surface area contributed by atoms with Crippen LogP contribution in [0.3, 0.4) is 0 Å². The van der Waals surface area contributed by atoms with Gasteiger partial charge in [0.25, 0.3) is 0 Å². The Balaban J connectivity index is 3.61. The Hall–Kier alpha value is -0.570. The van der Waals surface area contributed by atoms with E-state index in [9.17, 15) is 4.79 Å². The normalized spacial score (nSPS) is 14.2. The van der Waals surface area contributed by atoms with Crippen LogP contribution in [-0.4, -0.2) is 25.8 Å². The first-order chi connectivity index (χ1) is 8.65. The third-order valence-corrected chi connectivity index (χ3v) is 3.30. The van der Waals surface area contributed by atoms with E-state index in [4.69, 9.17) is 9.47 Å². The van der Waals surface area contributed by atoms with Gasteiger partial charge in [0.1, 0.15) is 6.61 Å². The van der Waals surface area contributed by atoms with Gasteiger partial charge in [-0.15, -0.1) is 0 Å². The van der Waals surface area contributed by atoms with E-state index < -0.39 is 0 Å². The highest BCUT2D eigenvalue weighted by atomic mass is 16.6. The summed E-state index contributed by atoms with van der Waals surface area (Å²) < 4.78 is 10.7. The fourth-order valence-corrected chi connectivity index (χ4v) is 1.66. The summed E-state index contributed by atoms with van der Waals surface area (Å²) in [6.07, 6.45) is 5.15. The zero-order valence-electron chi connectivity index (χ0n) is 12.5. The number of unbranched alkanes of at least 4 members (excludes halogenated alkanes) is 1. The van der Waals surface area contributed by atoms with Gasteiger partial charge in [-0.25, -0.2) is 0 Å². The lowest BCUT2D eigenvalue weighted by Crippen LogP contribution is -2.20. The Bertz CT molecular complexity index is 204. The van der Waals surface area contributed by atoms with Crippen LogP contribution in [0.2, 0.25) is 0 Å². The van der Waals surface area contributed by atoms with Crippen LogP contribution in [0.4, 0.5) is 0 Å². The van der Waals surface area contributed by atoms with Crippen LogP contribution < -0.4 is 0 Å². The first-order valence-corrected chi connectivity index (χ1v) is 7.39. The van der Waals surface area contributed by atoms with Crippen molar-refractivity contribution in [3.8, 4) is 0 Å². The van der Waals surface area contributed by atoms with Crippen LogP contribution in [0.25, 0.3) is 0 Å². The molecule has 0 saturated carbocycles. The Morgan fingerprint density at radius 3 is 2.39 bits per heavy atom. The van der Waals surface area contributed by atoms with Crippen LogP contribution in [0, 0.1) is 11.8 Å².